The number of aliphatic hydroxyl groups is 1. The van der Waals surface area contributed by atoms with Crippen LogP contribution >= 0.6 is 11.8 Å². The number of aliphatic hydroxyl groups excluding tert-OH is 1. The van der Waals surface area contributed by atoms with Gasteiger partial charge in [-0.2, -0.15) is 11.8 Å². The molecule has 119 heavy (non-hydrogen) atoms. The second-order valence-corrected chi connectivity index (χ2v) is 30.3. The number of nitrogens with two attached hydrogens (primary N) is 6. The van der Waals surface area contributed by atoms with Crippen LogP contribution < -0.4 is 108 Å². The number of fused-ring (bicyclic) bond motifs is 2. The number of para-hydroxylation sites is 1. The first-order chi connectivity index (χ1) is 56.6. The number of carbonyl (C=O) groups is 17. The van der Waals surface area contributed by atoms with E-state index in [2.05, 4.69) is 74.1 Å². The molecular weight excluding hydrogens is 1570 g/mol. The summed E-state index contributed by atoms with van der Waals surface area (Å²) in [5.74, 6) is -16.7. The molecule has 6 rings (SSSR count). The van der Waals surface area contributed by atoms with Crippen molar-refractivity contribution in [1.29, 1.82) is 0 Å². The quantitative estimate of drug-likeness (QED) is 0.0164. The standard InChI is InChI=1S/C79H110N20O19S/c1-43(100)67-77(116)95-60(38-50-40-87-53-16-8-7-15-52(50)53)74(113)91-55(24-26-63(82)103)70(109)96-62(42-119-34-28-57(89-45(3)102)71(110)90-56(72(111)98-67)25-27-64(83)104)75(114)92-58(36-46-19-22-51(23-20-46)118-33-31-81)73(112)93-59(37-47-18-21-48-13-5-6-14-49(48)35-47)76(115)99-79(4,29-10-11-30-80)78(117)97-54(17-9-12-32-86-44(2)101)69(108)94-61(39-65(84)105)68(107)88-41-66(85)106/h5-8,13-16,18-23,35,40,43,54-62,67,87,100H,9-12,17,24-34,36-39,41-42,80-81H2,1-4H3,(H2,82,103)(H2,83,104)(H2,84,105)(H2,85,106)(H,86,101)(H,88,107)(H,89,102)(H,90,110)(H,91,113)(H,92,114)(H,93,112)(H,94,108)(H,95,116)(H,96,109)(H,97,117)(H,98,111)(H,99,115)/t43-,54+,55+,56+,57+,58+,59+,60+,61+,62+,67+,79+/m1/s1. The summed E-state index contributed by atoms with van der Waals surface area (Å²) in [5.41, 5.74) is 33.5. The van der Waals surface area contributed by atoms with Gasteiger partial charge in [-0.3, -0.25) is 81.5 Å². The van der Waals surface area contributed by atoms with Crippen molar-refractivity contribution in [3.63, 3.8) is 0 Å². The van der Waals surface area contributed by atoms with Gasteiger partial charge in [-0.1, -0.05) is 72.8 Å². The molecule has 4 aromatic carbocycles. The number of nitrogens with one attached hydrogen (secondary N) is 14. The van der Waals surface area contributed by atoms with Gasteiger partial charge in [-0.15, -0.1) is 0 Å². The van der Waals surface area contributed by atoms with Gasteiger partial charge in [0.1, 0.15) is 78.3 Å². The summed E-state index contributed by atoms with van der Waals surface area (Å²) >= 11 is 0.929. The van der Waals surface area contributed by atoms with E-state index in [4.69, 9.17) is 39.1 Å². The second kappa shape index (κ2) is 47.8. The SMILES string of the molecule is CC(=O)NCCCC[C@H](NC(=O)[C@](C)(CCCCN)NC(=O)[C@H](Cc1ccc2ccccc2c1)NC(=O)[C@H](Cc1ccc(OCCN)cc1)NC(=O)[C@@H]1CSCC[C@H](NC(C)=O)C(=O)N[C@@H](CCC(N)=O)C(=O)N[C@@H]([C@@H](C)O)C(=O)N[C@@H](Cc2c[nH]c3ccccc23)C(=O)N[C@@H](CCC(N)=O)C(=O)N1)C(=O)N[C@@H](CC(N)=O)C(=O)NCC(N)=O. The molecule has 2 heterocycles. The fourth-order valence-corrected chi connectivity index (χ4v) is 13.9. The third-order valence-corrected chi connectivity index (χ3v) is 20.4. The number of aromatic nitrogens is 1. The van der Waals surface area contributed by atoms with Crippen LogP contribution in [0.4, 0.5) is 0 Å². The maximum absolute atomic E-state index is 15.8. The van der Waals surface area contributed by atoms with E-state index in [0.29, 0.717) is 45.1 Å². The van der Waals surface area contributed by atoms with Crippen LogP contribution in [-0.4, -0.2) is 227 Å². The number of amides is 17. The molecular formula is C79H110N20O19S. The first-order valence-electron chi connectivity index (χ1n) is 39.0. The molecule has 1 aliphatic rings. The summed E-state index contributed by atoms with van der Waals surface area (Å²) < 4.78 is 5.73. The van der Waals surface area contributed by atoms with Crippen molar-refractivity contribution in [2.24, 2.45) is 34.4 Å². The van der Waals surface area contributed by atoms with Crippen molar-refractivity contribution in [2.75, 3.05) is 44.3 Å². The average molecular weight is 1680 g/mol. The molecule has 0 radical (unpaired) electrons. The molecule has 1 aliphatic heterocycles. The lowest BCUT2D eigenvalue weighted by Crippen LogP contribution is -2.64. The molecule has 0 saturated carbocycles. The average Bonchev–Trinajstić information content (AvgIpc) is 1.79. The minimum atomic E-state index is -2.00. The van der Waals surface area contributed by atoms with Crippen LogP contribution in [0.15, 0.2) is 97.2 Å². The first kappa shape index (κ1) is 95.5. The van der Waals surface area contributed by atoms with Gasteiger partial charge in [-0.05, 0) is 130 Å². The molecule has 1 aromatic heterocycles. The lowest BCUT2D eigenvalue weighted by atomic mass is 9.91. The number of H-pyrrole nitrogens is 1. The van der Waals surface area contributed by atoms with Gasteiger partial charge in [0.15, 0.2) is 0 Å². The fourth-order valence-electron chi connectivity index (χ4n) is 12.9. The topological polar surface area (TPSA) is 648 Å². The Hall–Kier alpha value is -12.3. The van der Waals surface area contributed by atoms with Gasteiger partial charge in [-0.25, -0.2) is 0 Å². The smallest absolute Gasteiger partial charge is 0.246 e. The number of thioether (sulfide) groups is 1. The van der Waals surface area contributed by atoms with E-state index in [0.717, 1.165) is 31.0 Å². The monoisotopic (exact) mass is 1670 g/mol. The van der Waals surface area contributed by atoms with Gasteiger partial charge in [0, 0.05) is 81.9 Å². The Kier molecular flexibility index (Phi) is 38.4. The molecule has 0 spiro atoms. The van der Waals surface area contributed by atoms with Crippen molar-refractivity contribution >= 4 is 134 Å². The minimum Gasteiger partial charge on any atom is -0.492 e. The maximum atomic E-state index is 15.8. The molecule has 17 amide bonds. The summed E-state index contributed by atoms with van der Waals surface area (Å²) in [6.07, 6.45) is -3.67. The third kappa shape index (κ3) is 31.9. The van der Waals surface area contributed by atoms with Gasteiger partial charge < -0.3 is 118 Å². The Balaban J connectivity index is 1.46. The summed E-state index contributed by atoms with van der Waals surface area (Å²) in [5, 5.41) is 46.8. The van der Waals surface area contributed by atoms with Gasteiger partial charge in [0.25, 0.3) is 0 Å². The first-order valence-corrected chi connectivity index (χ1v) is 40.1. The number of rotatable bonds is 41. The van der Waals surface area contributed by atoms with Gasteiger partial charge in [0.05, 0.1) is 19.1 Å². The summed E-state index contributed by atoms with van der Waals surface area (Å²) in [4.78, 5) is 240. The molecule has 12 atom stereocenters. The zero-order valence-electron chi connectivity index (χ0n) is 66.8. The maximum Gasteiger partial charge on any atom is 0.246 e. The summed E-state index contributed by atoms with van der Waals surface area (Å²) in [6.45, 7) is 4.77. The predicted molar refractivity (Wildman–Crippen MR) is 438 cm³/mol. The molecule has 40 heteroatoms. The molecule has 0 unspecified atom stereocenters. The van der Waals surface area contributed by atoms with Crippen molar-refractivity contribution in [1.82, 2.24) is 74.1 Å². The highest BCUT2D eigenvalue weighted by Crippen LogP contribution is 2.24. The number of primary amides is 4. The number of hydrogen-bond acceptors (Lipinski definition) is 22. The van der Waals surface area contributed by atoms with E-state index in [-0.39, 0.29) is 95.7 Å². The van der Waals surface area contributed by atoms with Crippen LogP contribution in [-0.2, 0) is 101 Å². The molecule has 646 valence electrons. The largest absolute Gasteiger partial charge is 0.492 e. The summed E-state index contributed by atoms with van der Waals surface area (Å²) in [7, 11) is 0. The zero-order valence-corrected chi connectivity index (χ0v) is 67.6. The Morgan fingerprint density at radius 2 is 1.19 bits per heavy atom. The van der Waals surface area contributed by atoms with E-state index in [9.17, 15) is 57.8 Å². The molecule has 0 aliphatic carbocycles. The van der Waals surface area contributed by atoms with E-state index >= 15 is 28.8 Å². The van der Waals surface area contributed by atoms with Crippen LogP contribution in [0.2, 0.25) is 0 Å². The third-order valence-electron chi connectivity index (χ3n) is 19.3. The Labute approximate surface area is 690 Å². The normalized spacial score (nSPS) is 18.7. The van der Waals surface area contributed by atoms with Crippen LogP contribution in [0.3, 0.4) is 0 Å². The zero-order chi connectivity index (χ0) is 87.5. The van der Waals surface area contributed by atoms with Crippen LogP contribution in [0.1, 0.15) is 121 Å². The molecule has 1 saturated heterocycles. The van der Waals surface area contributed by atoms with Crippen LogP contribution in [0, 0.1) is 0 Å². The molecule has 0 bridgehead atoms. The summed E-state index contributed by atoms with van der Waals surface area (Å²) in [6, 6.07) is 8.82. The number of benzene rings is 4. The number of ether oxygens (including phenoxy) is 1. The van der Waals surface area contributed by atoms with Gasteiger partial charge >= 0.3 is 0 Å². The van der Waals surface area contributed by atoms with Crippen molar-refractivity contribution in [2.45, 2.75) is 196 Å². The van der Waals surface area contributed by atoms with E-state index < -0.39 is 211 Å². The van der Waals surface area contributed by atoms with E-state index in [1.165, 1.54) is 13.8 Å². The van der Waals surface area contributed by atoms with Gasteiger partial charge in [0.2, 0.25) is 100 Å². The highest BCUT2D eigenvalue weighted by Gasteiger charge is 2.42. The lowest BCUT2D eigenvalue weighted by Gasteiger charge is -2.34. The molecule has 27 N–H and O–H groups in total. The van der Waals surface area contributed by atoms with Crippen molar-refractivity contribution in [3.8, 4) is 5.75 Å². The van der Waals surface area contributed by atoms with E-state index in [1.807, 2.05) is 18.2 Å². The lowest BCUT2D eigenvalue weighted by molar-refractivity contribution is -0.138. The fraction of sp³-hybridized carbons (Fsp3) is 0.481. The Morgan fingerprint density at radius 1 is 0.588 bits per heavy atom. The highest BCUT2D eigenvalue weighted by atomic mass is 32.2. The number of unbranched alkanes of at least 4 members (excludes halogenated alkanes) is 2. The van der Waals surface area contributed by atoms with Crippen LogP contribution in [0.25, 0.3) is 21.7 Å². The van der Waals surface area contributed by atoms with E-state index in [1.54, 1.807) is 79.0 Å². The number of hydrogen-bond donors (Lipinski definition) is 21. The van der Waals surface area contributed by atoms with Crippen LogP contribution in [0.5, 0.6) is 5.75 Å². The second-order valence-electron chi connectivity index (χ2n) is 29.1. The van der Waals surface area contributed by atoms with Crippen molar-refractivity contribution < 1.29 is 91.4 Å². The molecule has 39 nitrogen and oxygen atoms in total. The van der Waals surface area contributed by atoms with Crippen molar-refractivity contribution in [3.05, 3.63) is 114 Å². The molecule has 5 aromatic rings. The minimum absolute atomic E-state index is 0.120. The Bertz CT molecular complexity index is 4430. The number of aromatic amines is 1. The Morgan fingerprint density at radius 3 is 1.83 bits per heavy atom. The highest BCUT2D eigenvalue weighted by molar-refractivity contribution is 7.99. The molecule has 1 fully saturated rings. The number of carbonyl (C=O) groups excluding carboxylic acids is 17. The predicted octanol–water partition coefficient (Wildman–Crippen LogP) is -4.61.